The van der Waals surface area contributed by atoms with Crippen molar-refractivity contribution in [1.82, 2.24) is 19.4 Å². The zero-order valence-electron chi connectivity index (χ0n) is 12.1. The Morgan fingerprint density at radius 2 is 1.86 bits per heavy atom. The minimum absolute atomic E-state index is 0.124. The zero-order valence-corrected chi connectivity index (χ0v) is 12.1. The van der Waals surface area contributed by atoms with Gasteiger partial charge in [-0.25, -0.2) is 4.98 Å². The zero-order chi connectivity index (χ0) is 15.3. The summed E-state index contributed by atoms with van der Waals surface area (Å²) in [4.78, 5) is 8.72. The Labute approximate surface area is 122 Å². The number of imidazole rings is 1. The van der Waals surface area contributed by atoms with Gasteiger partial charge in [-0.2, -0.15) is 13.2 Å². The van der Waals surface area contributed by atoms with Crippen LogP contribution in [-0.2, 0) is 18.3 Å². The average molecular weight is 306 g/mol. The van der Waals surface area contributed by atoms with Gasteiger partial charge in [-0.15, -0.1) is 0 Å². The number of alkyl halides is 3. The van der Waals surface area contributed by atoms with Crippen molar-refractivity contribution >= 4 is 0 Å². The standard InChI is InChI=1S/C13H21F3N4O/c1-18-3-2-17-12(18)10-20-6-4-19(5-7-20)8-9-21-11-13(14,15)16/h2-3H,4-11H2,1H3. The number of nitrogens with zero attached hydrogens (tertiary/aromatic N) is 4. The van der Waals surface area contributed by atoms with Crippen LogP contribution in [0.5, 0.6) is 0 Å². The molecule has 0 amide bonds. The van der Waals surface area contributed by atoms with Crippen molar-refractivity contribution in [3.05, 3.63) is 18.2 Å². The predicted octanol–water partition coefficient (Wildman–Crippen LogP) is 1.12. The van der Waals surface area contributed by atoms with Crippen molar-refractivity contribution in [2.75, 3.05) is 45.9 Å². The summed E-state index contributed by atoms with van der Waals surface area (Å²) >= 11 is 0. The number of hydrogen-bond acceptors (Lipinski definition) is 4. The molecule has 0 N–H and O–H groups in total. The van der Waals surface area contributed by atoms with Crippen molar-refractivity contribution in [1.29, 1.82) is 0 Å². The van der Waals surface area contributed by atoms with Crippen LogP contribution in [0.2, 0.25) is 0 Å². The van der Waals surface area contributed by atoms with Gasteiger partial charge in [0.25, 0.3) is 0 Å². The molecule has 5 nitrogen and oxygen atoms in total. The topological polar surface area (TPSA) is 33.5 Å². The molecule has 1 aliphatic rings. The molecule has 0 saturated carbocycles. The van der Waals surface area contributed by atoms with E-state index in [-0.39, 0.29) is 6.61 Å². The quantitative estimate of drug-likeness (QED) is 0.738. The molecule has 2 heterocycles. The number of halogens is 3. The van der Waals surface area contributed by atoms with Crippen LogP contribution >= 0.6 is 0 Å². The lowest BCUT2D eigenvalue weighted by molar-refractivity contribution is -0.174. The summed E-state index contributed by atoms with van der Waals surface area (Å²) in [6.45, 7) is 3.80. The monoisotopic (exact) mass is 306 g/mol. The van der Waals surface area contributed by atoms with E-state index in [0.717, 1.165) is 38.5 Å². The molecule has 0 spiro atoms. The smallest absolute Gasteiger partial charge is 0.371 e. The Balaban J connectivity index is 1.61. The second kappa shape index (κ2) is 7.24. The number of hydrogen-bond donors (Lipinski definition) is 0. The van der Waals surface area contributed by atoms with Crippen molar-refractivity contribution in [2.45, 2.75) is 12.7 Å². The fourth-order valence-electron chi connectivity index (χ4n) is 2.30. The second-order valence-electron chi connectivity index (χ2n) is 5.24. The van der Waals surface area contributed by atoms with Gasteiger partial charge in [0.1, 0.15) is 12.4 Å². The minimum atomic E-state index is -4.24. The molecule has 21 heavy (non-hydrogen) atoms. The van der Waals surface area contributed by atoms with Crippen LogP contribution in [0.3, 0.4) is 0 Å². The fourth-order valence-corrected chi connectivity index (χ4v) is 2.30. The normalized spacial score (nSPS) is 18.3. The van der Waals surface area contributed by atoms with E-state index in [4.69, 9.17) is 0 Å². The summed E-state index contributed by atoms with van der Waals surface area (Å²) < 4.78 is 42.4. The van der Waals surface area contributed by atoms with Crippen molar-refractivity contribution in [3.63, 3.8) is 0 Å². The molecule has 0 radical (unpaired) electrons. The summed E-state index contributed by atoms with van der Waals surface area (Å²) in [5, 5.41) is 0. The SMILES string of the molecule is Cn1ccnc1CN1CCN(CCOCC(F)(F)F)CC1. The summed E-state index contributed by atoms with van der Waals surface area (Å²) in [6.07, 6.45) is -0.534. The van der Waals surface area contributed by atoms with E-state index < -0.39 is 12.8 Å². The first-order chi connectivity index (χ1) is 9.94. The first kappa shape index (κ1) is 16.3. The van der Waals surface area contributed by atoms with Crippen molar-refractivity contribution < 1.29 is 17.9 Å². The van der Waals surface area contributed by atoms with Gasteiger partial charge < -0.3 is 9.30 Å². The lowest BCUT2D eigenvalue weighted by Crippen LogP contribution is -2.47. The Kier molecular flexibility index (Phi) is 5.60. The first-order valence-electron chi connectivity index (χ1n) is 6.99. The van der Waals surface area contributed by atoms with Gasteiger partial charge in [-0.3, -0.25) is 9.80 Å². The van der Waals surface area contributed by atoms with Gasteiger partial charge in [-0.1, -0.05) is 0 Å². The lowest BCUT2D eigenvalue weighted by atomic mass is 10.3. The summed E-state index contributed by atoms with van der Waals surface area (Å²) in [5.74, 6) is 1.02. The van der Waals surface area contributed by atoms with E-state index in [0.29, 0.717) is 6.54 Å². The number of ether oxygens (including phenoxy) is 1. The van der Waals surface area contributed by atoms with E-state index in [1.807, 2.05) is 17.8 Å². The van der Waals surface area contributed by atoms with Crippen LogP contribution in [0.1, 0.15) is 5.82 Å². The van der Waals surface area contributed by atoms with Crippen LogP contribution < -0.4 is 0 Å². The molecule has 1 aliphatic heterocycles. The van der Waals surface area contributed by atoms with Crippen LogP contribution in [0.4, 0.5) is 13.2 Å². The minimum Gasteiger partial charge on any atom is -0.371 e. The molecule has 1 saturated heterocycles. The molecule has 1 fully saturated rings. The summed E-state index contributed by atoms with van der Waals surface area (Å²) in [6, 6.07) is 0. The highest BCUT2D eigenvalue weighted by molar-refractivity contribution is 4.91. The Morgan fingerprint density at radius 1 is 1.19 bits per heavy atom. The molecule has 2 rings (SSSR count). The van der Waals surface area contributed by atoms with Crippen molar-refractivity contribution in [2.24, 2.45) is 7.05 Å². The second-order valence-corrected chi connectivity index (χ2v) is 5.24. The molecule has 1 aromatic rings. The summed E-state index contributed by atoms with van der Waals surface area (Å²) in [5.41, 5.74) is 0. The van der Waals surface area contributed by atoms with Crippen LogP contribution in [0.15, 0.2) is 12.4 Å². The fraction of sp³-hybridized carbons (Fsp3) is 0.769. The Hall–Kier alpha value is -1.12. The van der Waals surface area contributed by atoms with Crippen LogP contribution in [0, 0.1) is 0 Å². The van der Waals surface area contributed by atoms with Gasteiger partial charge in [0.2, 0.25) is 0 Å². The number of aromatic nitrogens is 2. The van der Waals surface area contributed by atoms with Crippen LogP contribution in [-0.4, -0.2) is 71.5 Å². The van der Waals surface area contributed by atoms with E-state index in [2.05, 4.69) is 19.5 Å². The molecule has 8 heteroatoms. The Bertz CT molecular complexity index is 427. The van der Waals surface area contributed by atoms with Gasteiger partial charge in [0, 0.05) is 52.2 Å². The first-order valence-corrected chi connectivity index (χ1v) is 6.99. The van der Waals surface area contributed by atoms with Gasteiger partial charge >= 0.3 is 6.18 Å². The van der Waals surface area contributed by atoms with E-state index in [9.17, 15) is 13.2 Å². The van der Waals surface area contributed by atoms with Gasteiger partial charge in [0.05, 0.1) is 13.2 Å². The third-order valence-corrected chi connectivity index (χ3v) is 3.57. The Morgan fingerprint density at radius 3 is 2.43 bits per heavy atom. The predicted molar refractivity (Wildman–Crippen MR) is 71.8 cm³/mol. The summed E-state index contributed by atoms with van der Waals surface area (Å²) in [7, 11) is 1.97. The molecule has 0 aromatic carbocycles. The van der Waals surface area contributed by atoms with Crippen LogP contribution in [0.25, 0.3) is 0 Å². The molecule has 1 aromatic heterocycles. The average Bonchev–Trinajstić information content (AvgIpc) is 2.81. The van der Waals surface area contributed by atoms with Gasteiger partial charge in [-0.05, 0) is 0 Å². The van der Waals surface area contributed by atoms with E-state index in [1.54, 1.807) is 6.20 Å². The maximum absolute atomic E-state index is 11.9. The highest BCUT2D eigenvalue weighted by Crippen LogP contribution is 2.14. The molecular formula is C13H21F3N4O. The lowest BCUT2D eigenvalue weighted by Gasteiger charge is -2.34. The highest BCUT2D eigenvalue weighted by Gasteiger charge is 2.27. The van der Waals surface area contributed by atoms with E-state index >= 15 is 0 Å². The molecule has 120 valence electrons. The number of rotatable bonds is 6. The number of piperazine rings is 1. The molecule has 0 unspecified atom stereocenters. The third-order valence-electron chi connectivity index (χ3n) is 3.57. The van der Waals surface area contributed by atoms with Gasteiger partial charge in [0.15, 0.2) is 0 Å². The molecular weight excluding hydrogens is 285 g/mol. The molecule has 0 aliphatic carbocycles. The largest absolute Gasteiger partial charge is 0.411 e. The maximum atomic E-state index is 11.9. The molecule has 0 atom stereocenters. The maximum Gasteiger partial charge on any atom is 0.411 e. The highest BCUT2D eigenvalue weighted by atomic mass is 19.4. The molecule has 0 bridgehead atoms. The number of aryl methyl sites for hydroxylation is 1. The van der Waals surface area contributed by atoms with Crippen molar-refractivity contribution in [3.8, 4) is 0 Å². The van der Waals surface area contributed by atoms with E-state index in [1.165, 1.54) is 0 Å². The third kappa shape index (κ3) is 5.64.